The molecule has 0 aromatic rings. The van der Waals surface area contributed by atoms with Gasteiger partial charge in [0.05, 0.1) is 4.24 Å². The third-order valence-electron chi connectivity index (χ3n) is 1.43. The van der Waals surface area contributed by atoms with Gasteiger partial charge in [0.25, 0.3) is 5.91 Å². The molecule has 1 amide bonds. The number of thioether (sulfide) groups is 2. The summed E-state index contributed by atoms with van der Waals surface area (Å²) in [5.74, 6) is 1.73. The second-order valence-corrected chi connectivity index (χ2v) is 4.80. The molecular formula is C8H10N2OS2. The molecule has 1 fully saturated rings. The molecule has 1 saturated heterocycles. The summed E-state index contributed by atoms with van der Waals surface area (Å²) in [4.78, 5) is 11.3. The molecule has 1 rings (SSSR count). The SMILES string of the molecule is CCNC(=O)C(C#N)=C1SCCS1. The Morgan fingerprint density at radius 2 is 2.23 bits per heavy atom. The van der Waals surface area contributed by atoms with E-state index < -0.39 is 0 Å². The van der Waals surface area contributed by atoms with Crippen molar-refractivity contribution >= 4 is 29.4 Å². The van der Waals surface area contributed by atoms with E-state index in [0.717, 1.165) is 15.7 Å². The third-order valence-corrected chi connectivity index (χ3v) is 4.14. The van der Waals surface area contributed by atoms with Gasteiger partial charge in [-0.3, -0.25) is 4.79 Å². The lowest BCUT2D eigenvalue weighted by Crippen LogP contribution is -2.24. The van der Waals surface area contributed by atoms with Gasteiger partial charge in [0.2, 0.25) is 0 Å². The first-order valence-electron chi connectivity index (χ1n) is 3.97. The molecule has 1 aliphatic heterocycles. The number of carbonyl (C=O) groups excluding carboxylic acids is 1. The molecule has 0 aromatic heterocycles. The monoisotopic (exact) mass is 214 g/mol. The number of hydrogen-bond donors (Lipinski definition) is 1. The van der Waals surface area contributed by atoms with E-state index in [2.05, 4.69) is 5.32 Å². The van der Waals surface area contributed by atoms with Crippen molar-refractivity contribution in [3.63, 3.8) is 0 Å². The highest BCUT2D eigenvalue weighted by Gasteiger charge is 2.19. The van der Waals surface area contributed by atoms with Gasteiger partial charge in [0.1, 0.15) is 11.6 Å². The van der Waals surface area contributed by atoms with Crippen LogP contribution < -0.4 is 5.32 Å². The van der Waals surface area contributed by atoms with Crippen molar-refractivity contribution < 1.29 is 4.79 Å². The van der Waals surface area contributed by atoms with Gasteiger partial charge in [-0.15, -0.1) is 23.5 Å². The normalized spacial score (nSPS) is 15.2. The molecule has 1 N–H and O–H groups in total. The molecule has 0 bridgehead atoms. The molecule has 13 heavy (non-hydrogen) atoms. The Kier molecular flexibility index (Phi) is 4.19. The van der Waals surface area contributed by atoms with Gasteiger partial charge in [-0.2, -0.15) is 5.26 Å². The van der Waals surface area contributed by atoms with Crippen LogP contribution in [-0.4, -0.2) is 24.0 Å². The second-order valence-electron chi connectivity index (χ2n) is 2.33. The van der Waals surface area contributed by atoms with E-state index in [1.54, 1.807) is 23.5 Å². The van der Waals surface area contributed by atoms with Crippen LogP contribution >= 0.6 is 23.5 Å². The molecule has 5 heteroatoms. The average molecular weight is 214 g/mol. The predicted octanol–water partition coefficient (Wildman–Crippen LogP) is 1.34. The molecule has 3 nitrogen and oxygen atoms in total. The maximum Gasteiger partial charge on any atom is 0.263 e. The van der Waals surface area contributed by atoms with E-state index in [0.29, 0.717) is 6.54 Å². The number of nitrogens with one attached hydrogen (secondary N) is 1. The highest BCUT2D eigenvalue weighted by atomic mass is 32.2. The van der Waals surface area contributed by atoms with Crippen molar-refractivity contribution in [1.82, 2.24) is 5.32 Å². The van der Waals surface area contributed by atoms with Crippen LogP contribution in [0.15, 0.2) is 9.81 Å². The van der Waals surface area contributed by atoms with E-state index in [1.807, 2.05) is 13.0 Å². The highest BCUT2D eigenvalue weighted by Crippen LogP contribution is 2.38. The summed E-state index contributed by atoms with van der Waals surface area (Å²) in [6.07, 6.45) is 0. The fraction of sp³-hybridized carbons (Fsp3) is 0.500. The van der Waals surface area contributed by atoms with Crippen molar-refractivity contribution in [3.05, 3.63) is 9.81 Å². The maximum absolute atomic E-state index is 11.3. The van der Waals surface area contributed by atoms with Crippen LogP contribution in [0.3, 0.4) is 0 Å². The lowest BCUT2D eigenvalue weighted by molar-refractivity contribution is -0.117. The number of nitrogens with zero attached hydrogens (tertiary/aromatic N) is 1. The Morgan fingerprint density at radius 1 is 1.62 bits per heavy atom. The first kappa shape index (κ1) is 10.5. The number of carbonyl (C=O) groups is 1. The number of likely N-dealkylation sites (N-methyl/N-ethyl adjacent to an activating group) is 1. The fourth-order valence-electron chi connectivity index (χ4n) is 0.893. The molecule has 0 spiro atoms. The Labute approximate surface area is 85.9 Å². The Morgan fingerprint density at radius 3 is 2.69 bits per heavy atom. The summed E-state index contributed by atoms with van der Waals surface area (Å²) in [7, 11) is 0. The van der Waals surface area contributed by atoms with Crippen LogP contribution in [0, 0.1) is 11.3 Å². The van der Waals surface area contributed by atoms with Crippen molar-refractivity contribution in [2.75, 3.05) is 18.1 Å². The van der Waals surface area contributed by atoms with Gasteiger partial charge >= 0.3 is 0 Å². The number of hydrogen-bond acceptors (Lipinski definition) is 4. The first-order valence-corrected chi connectivity index (χ1v) is 5.95. The van der Waals surface area contributed by atoms with Crippen molar-refractivity contribution in [2.24, 2.45) is 0 Å². The molecule has 0 radical (unpaired) electrons. The largest absolute Gasteiger partial charge is 0.352 e. The van der Waals surface area contributed by atoms with Crippen molar-refractivity contribution in [2.45, 2.75) is 6.92 Å². The van der Waals surface area contributed by atoms with Gasteiger partial charge in [0, 0.05) is 18.1 Å². The average Bonchev–Trinajstić information content (AvgIpc) is 2.59. The van der Waals surface area contributed by atoms with Gasteiger partial charge in [-0.1, -0.05) is 0 Å². The zero-order valence-electron chi connectivity index (χ0n) is 7.29. The summed E-state index contributed by atoms with van der Waals surface area (Å²) in [5, 5.41) is 11.4. The summed E-state index contributed by atoms with van der Waals surface area (Å²) in [6.45, 7) is 2.40. The van der Waals surface area contributed by atoms with E-state index in [-0.39, 0.29) is 11.5 Å². The van der Waals surface area contributed by atoms with Crippen LogP contribution in [0.4, 0.5) is 0 Å². The Balaban J connectivity index is 2.77. The van der Waals surface area contributed by atoms with Gasteiger partial charge in [-0.25, -0.2) is 0 Å². The minimum absolute atomic E-state index is 0.248. The van der Waals surface area contributed by atoms with Crippen LogP contribution in [0.2, 0.25) is 0 Å². The summed E-state index contributed by atoms with van der Waals surface area (Å²) >= 11 is 3.18. The van der Waals surface area contributed by atoms with Crippen molar-refractivity contribution in [3.8, 4) is 6.07 Å². The molecular weight excluding hydrogens is 204 g/mol. The minimum Gasteiger partial charge on any atom is -0.352 e. The standard InChI is InChI=1S/C8H10N2OS2/c1-2-10-7(11)6(5-9)8-12-3-4-13-8/h2-4H2,1H3,(H,10,11). The van der Waals surface area contributed by atoms with Gasteiger partial charge in [-0.05, 0) is 6.92 Å². The predicted molar refractivity (Wildman–Crippen MR) is 56.2 cm³/mol. The van der Waals surface area contributed by atoms with E-state index in [4.69, 9.17) is 5.26 Å². The molecule has 1 aliphatic rings. The zero-order valence-corrected chi connectivity index (χ0v) is 8.93. The number of rotatable bonds is 2. The lowest BCUT2D eigenvalue weighted by atomic mass is 10.3. The topological polar surface area (TPSA) is 52.9 Å². The van der Waals surface area contributed by atoms with E-state index in [1.165, 1.54) is 0 Å². The number of amides is 1. The maximum atomic E-state index is 11.3. The fourth-order valence-corrected chi connectivity index (χ4v) is 3.33. The van der Waals surface area contributed by atoms with E-state index in [9.17, 15) is 4.79 Å². The summed E-state index contributed by atoms with van der Waals surface area (Å²) in [6, 6.07) is 1.95. The second kappa shape index (κ2) is 5.20. The molecule has 0 aliphatic carbocycles. The van der Waals surface area contributed by atoms with Gasteiger partial charge in [0.15, 0.2) is 0 Å². The third kappa shape index (κ3) is 2.68. The number of nitriles is 1. The highest BCUT2D eigenvalue weighted by molar-refractivity contribution is 8.25. The quantitative estimate of drug-likeness (QED) is 0.556. The van der Waals surface area contributed by atoms with Crippen LogP contribution in [0.5, 0.6) is 0 Å². The summed E-state index contributed by atoms with van der Waals surface area (Å²) < 4.78 is 0.869. The van der Waals surface area contributed by atoms with Gasteiger partial charge < -0.3 is 5.32 Å². The minimum atomic E-state index is -0.248. The molecule has 0 aromatic carbocycles. The Hall–Kier alpha value is -0.600. The first-order chi connectivity index (χ1) is 6.29. The van der Waals surface area contributed by atoms with Crippen LogP contribution in [0.25, 0.3) is 0 Å². The summed E-state index contributed by atoms with van der Waals surface area (Å²) in [5.41, 5.74) is 0.273. The lowest BCUT2D eigenvalue weighted by Gasteiger charge is -2.01. The van der Waals surface area contributed by atoms with Crippen molar-refractivity contribution in [1.29, 1.82) is 5.26 Å². The van der Waals surface area contributed by atoms with E-state index >= 15 is 0 Å². The van der Waals surface area contributed by atoms with Crippen LogP contribution in [0.1, 0.15) is 6.92 Å². The molecule has 0 saturated carbocycles. The Bertz CT molecular complexity index is 272. The molecule has 0 atom stereocenters. The zero-order chi connectivity index (χ0) is 9.68. The van der Waals surface area contributed by atoms with Crippen LogP contribution in [-0.2, 0) is 4.79 Å². The molecule has 70 valence electrons. The molecule has 1 heterocycles. The molecule has 0 unspecified atom stereocenters. The smallest absolute Gasteiger partial charge is 0.263 e.